The molecule has 0 saturated heterocycles. The molecule has 1 amide bonds. The van der Waals surface area contributed by atoms with Gasteiger partial charge in [-0.15, -0.1) is 0 Å². The van der Waals surface area contributed by atoms with Gasteiger partial charge in [0.1, 0.15) is 18.1 Å². The minimum absolute atomic E-state index is 0.110. The molecule has 2 N–H and O–H groups in total. The molecule has 0 fully saturated rings. The number of nitrogens with one attached hydrogen (secondary N) is 1. The molecule has 2 rings (SSSR count). The first kappa shape index (κ1) is 20.4. The maximum absolute atomic E-state index is 12.7. The molecule has 0 bridgehead atoms. The Bertz CT molecular complexity index is 777. The van der Waals surface area contributed by atoms with Gasteiger partial charge in [-0.3, -0.25) is 4.79 Å². The molecule has 7 nitrogen and oxygen atoms in total. The molecule has 0 spiro atoms. The smallest absolute Gasteiger partial charge is 0.251 e. The summed E-state index contributed by atoms with van der Waals surface area (Å²) in [6, 6.07) is 9.99. The van der Waals surface area contributed by atoms with Crippen molar-refractivity contribution >= 4 is 5.91 Å². The van der Waals surface area contributed by atoms with Gasteiger partial charge in [0.05, 0.1) is 34.0 Å². The highest BCUT2D eigenvalue weighted by Gasteiger charge is 2.17. The van der Waals surface area contributed by atoms with Gasteiger partial charge in [0.15, 0.2) is 11.5 Å². The number of hydrogen-bond acceptors (Lipinski definition) is 6. The van der Waals surface area contributed by atoms with Gasteiger partial charge in [0, 0.05) is 11.1 Å². The van der Waals surface area contributed by atoms with E-state index in [4.69, 9.17) is 24.1 Å². The van der Waals surface area contributed by atoms with Crippen LogP contribution in [0.3, 0.4) is 0 Å². The number of aliphatic hydroxyl groups excluding tert-OH is 1. The zero-order chi connectivity index (χ0) is 19.8. The van der Waals surface area contributed by atoms with Crippen molar-refractivity contribution in [1.82, 2.24) is 5.32 Å². The Hall–Kier alpha value is -2.93. The second kappa shape index (κ2) is 9.68. The number of methoxy groups -OCH3 is 3. The van der Waals surface area contributed by atoms with Gasteiger partial charge in [-0.25, -0.2) is 0 Å². The quantitative estimate of drug-likeness (QED) is 0.701. The SMILES string of the molecule is COc1ccc(OC)c(C(C)NC(=O)c2ccc(OC)c(OCCO)c2)c1. The Labute approximate surface area is 158 Å². The van der Waals surface area contributed by atoms with Crippen molar-refractivity contribution in [3.8, 4) is 23.0 Å². The van der Waals surface area contributed by atoms with Crippen LogP contribution in [0.2, 0.25) is 0 Å². The average molecular weight is 375 g/mol. The van der Waals surface area contributed by atoms with E-state index in [0.29, 0.717) is 28.6 Å². The highest BCUT2D eigenvalue weighted by molar-refractivity contribution is 5.95. The standard InChI is InChI=1S/C20H25NO6/c1-13(16-12-15(24-2)6-8-17(16)25-3)21-20(23)14-5-7-18(26-4)19(11-14)27-10-9-22/h5-8,11-13,22H,9-10H2,1-4H3,(H,21,23). The van der Waals surface area contributed by atoms with E-state index in [1.165, 1.54) is 7.11 Å². The lowest BCUT2D eigenvalue weighted by atomic mass is 10.1. The van der Waals surface area contributed by atoms with Gasteiger partial charge in [0.2, 0.25) is 0 Å². The first-order valence-electron chi connectivity index (χ1n) is 8.48. The second-order valence-corrected chi connectivity index (χ2v) is 5.74. The molecule has 0 saturated carbocycles. The maximum atomic E-state index is 12.7. The molecular weight excluding hydrogens is 350 g/mol. The molecule has 1 atom stereocenters. The largest absolute Gasteiger partial charge is 0.497 e. The molecular formula is C20H25NO6. The summed E-state index contributed by atoms with van der Waals surface area (Å²) < 4.78 is 21.3. The third-order valence-corrected chi connectivity index (χ3v) is 4.03. The Morgan fingerprint density at radius 1 is 1.00 bits per heavy atom. The molecule has 2 aromatic rings. The first-order chi connectivity index (χ1) is 13.0. The fraction of sp³-hybridized carbons (Fsp3) is 0.350. The molecule has 0 aromatic heterocycles. The predicted molar refractivity (Wildman–Crippen MR) is 101 cm³/mol. The van der Waals surface area contributed by atoms with Crippen molar-refractivity contribution < 1.29 is 28.8 Å². The van der Waals surface area contributed by atoms with Crippen molar-refractivity contribution in [2.75, 3.05) is 34.5 Å². The molecule has 27 heavy (non-hydrogen) atoms. The van der Waals surface area contributed by atoms with Crippen LogP contribution in [-0.2, 0) is 0 Å². The van der Waals surface area contributed by atoms with Crippen LogP contribution in [0, 0.1) is 0 Å². The van der Waals surface area contributed by atoms with Crippen molar-refractivity contribution in [2.45, 2.75) is 13.0 Å². The van der Waals surface area contributed by atoms with E-state index in [-0.39, 0.29) is 25.2 Å². The lowest BCUT2D eigenvalue weighted by molar-refractivity contribution is 0.0939. The number of hydrogen-bond donors (Lipinski definition) is 2. The predicted octanol–water partition coefficient (Wildman–Crippen LogP) is 2.57. The third-order valence-electron chi connectivity index (χ3n) is 4.03. The Morgan fingerprint density at radius 3 is 2.33 bits per heavy atom. The number of aliphatic hydroxyl groups is 1. The molecule has 0 radical (unpaired) electrons. The average Bonchev–Trinajstić information content (AvgIpc) is 2.71. The van der Waals surface area contributed by atoms with E-state index in [1.807, 2.05) is 13.0 Å². The van der Waals surface area contributed by atoms with Crippen molar-refractivity contribution in [3.05, 3.63) is 47.5 Å². The third kappa shape index (κ3) is 5.04. The number of amides is 1. The lowest BCUT2D eigenvalue weighted by Gasteiger charge is -2.19. The van der Waals surface area contributed by atoms with E-state index >= 15 is 0 Å². The maximum Gasteiger partial charge on any atom is 0.251 e. The van der Waals surface area contributed by atoms with Crippen LogP contribution in [0.1, 0.15) is 28.9 Å². The first-order valence-corrected chi connectivity index (χ1v) is 8.48. The van der Waals surface area contributed by atoms with Gasteiger partial charge >= 0.3 is 0 Å². The summed E-state index contributed by atoms with van der Waals surface area (Å²) in [6.45, 7) is 1.84. The van der Waals surface area contributed by atoms with Gasteiger partial charge in [-0.05, 0) is 43.3 Å². The van der Waals surface area contributed by atoms with Gasteiger partial charge in [-0.1, -0.05) is 0 Å². The van der Waals surface area contributed by atoms with Crippen molar-refractivity contribution in [3.63, 3.8) is 0 Å². The Kier molecular flexibility index (Phi) is 7.31. The van der Waals surface area contributed by atoms with Gasteiger partial charge in [-0.2, -0.15) is 0 Å². The van der Waals surface area contributed by atoms with Gasteiger partial charge in [0.25, 0.3) is 5.91 Å². The molecule has 0 heterocycles. The number of carbonyl (C=O) groups excluding carboxylic acids is 1. The number of carbonyl (C=O) groups is 1. The summed E-state index contributed by atoms with van der Waals surface area (Å²) in [5, 5.41) is 11.9. The fourth-order valence-corrected chi connectivity index (χ4v) is 2.62. The summed E-state index contributed by atoms with van der Waals surface area (Å²) in [4.78, 5) is 12.7. The molecule has 0 aliphatic carbocycles. The van der Waals surface area contributed by atoms with Crippen LogP contribution in [0.25, 0.3) is 0 Å². The zero-order valence-electron chi connectivity index (χ0n) is 15.9. The highest BCUT2D eigenvalue weighted by Crippen LogP contribution is 2.31. The Morgan fingerprint density at radius 2 is 1.70 bits per heavy atom. The summed E-state index contributed by atoms with van der Waals surface area (Å²) in [5.41, 5.74) is 1.22. The highest BCUT2D eigenvalue weighted by atomic mass is 16.5. The van der Waals surface area contributed by atoms with E-state index < -0.39 is 0 Å². The van der Waals surface area contributed by atoms with Crippen LogP contribution in [0.5, 0.6) is 23.0 Å². The van der Waals surface area contributed by atoms with E-state index in [9.17, 15) is 4.79 Å². The van der Waals surface area contributed by atoms with Crippen LogP contribution < -0.4 is 24.3 Å². The molecule has 1 unspecified atom stereocenters. The molecule has 7 heteroatoms. The van der Waals surface area contributed by atoms with Crippen LogP contribution in [-0.4, -0.2) is 45.6 Å². The number of ether oxygens (including phenoxy) is 4. The zero-order valence-corrected chi connectivity index (χ0v) is 15.9. The Balaban J connectivity index is 2.21. The summed E-state index contributed by atoms with van der Waals surface area (Å²) >= 11 is 0. The summed E-state index contributed by atoms with van der Waals surface area (Å²) in [5.74, 6) is 1.94. The minimum Gasteiger partial charge on any atom is -0.497 e. The van der Waals surface area contributed by atoms with Crippen LogP contribution in [0.15, 0.2) is 36.4 Å². The number of rotatable bonds is 9. The van der Waals surface area contributed by atoms with E-state index in [1.54, 1.807) is 44.6 Å². The number of benzene rings is 2. The summed E-state index contributed by atoms with van der Waals surface area (Å²) in [7, 11) is 4.67. The monoisotopic (exact) mass is 375 g/mol. The fourth-order valence-electron chi connectivity index (χ4n) is 2.62. The van der Waals surface area contributed by atoms with Crippen molar-refractivity contribution in [2.24, 2.45) is 0 Å². The molecule has 0 aliphatic heterocycles. The molecule has 0 aliphatic rings. The molecule has 146 valence electrons. The van der Waals surface area contributed by atoms with Crippen LogP contribution in [0.4, 0.5) is 0 Å². The second-order valence-electron chi connectivity index (χ2n) is 5.74. The van der Waals surface area contributed by atoms with E-state index in [2.05, 4.69) is 5.32 Å². The topological polar surface area (TPSA) is 86.3 Å². The van der Waals surface area contributed by atoms with E-state index in [0.717, 1.165) is 5.56 Å². The minimum atomic E-state index is -0.313. The van der Waals surface area contributed by atoms with Crippen molar-refractivity contribution in [1.29, 1.82) is 0 Å². The lowest BCUT2D eigenvalue weighted by Crippen LogP contribution is -2.27. The van der Waals surface area contributed by atoms with Crippen LogP contribution >= 0.6 is 0 Å². The van der Waals surface area contributed by atoms with Gasteiger partial charge < -0.3 is 29.4 Å². The normalized spacial score (nSPS) is 11.4. The molecule has 2 aromatic carbocycles. The summed E-state index contributed by atoms with van der Waals surface area (Å²) in [6.07, 6.45) is 0.